The van der Waals surface area contributed by atoms with Crippen molar-refractivity contribution in [1.82, 2.24) is 4.90 Å². The molecule has 0 aromatic heterocycles. The molecule has 1 saturated heterocycles. The topological polar surface area (TPSA) is 23.5 Å². The Morgan fingerprint density at radius 2 is 2.36 bits per heavy atom. The van der Waals surface area contributed by atoms with Crippen molar-refractivity contribution in [3.05, 3.63) is 29.8 Å². The number of aromatic hydroxyl groups is 1. The van der Waals surface area contributed by atoms with E-state index in [1.807, 2.05) is 12.1 Å². The van der Waals surface area contributed by atoms with Crippen LogP contribution in [0.1, 0.15) is 18.9 Å². The van der Waals surface area contributed by atoms with Crippen LogP contribution in [0.3, 0.4) is 0 Å². The quantitative estimate of drug-likeness (QED) is 0.775. The van der Waals surface area contributed by atoms with Crippen LogP contribution in [0.2, 0.25) is 0 Å². The molecule has 1 aromatic rings. The smallest absolute Gasteiger partial charge is 0.115 e. The van der Waals surface area contributed by atoms with Crippen LogP contribution in [0.5, 0.6) is 5.75 Å². The van der Waals surface area contributed by atoms with Crippen molar-refractivity contribution in [2.24, 2.45) is 5.92 Å². The second-order valence-corrected chi connectivity index (χ2v) is 4.30. The molecule has 2 heteroatoms. The van der Waals surface area contributed by atoms with E-state index < -0.39 is 0 Å². The van der Waals surface area contributed by atoms with Crippen LogP contribution >= 0.6 is 0 Å². The summed E-state index contributed by atoms with van der Waals surface area (Å²) in [5.41, 5.74) is 1.21. The number of hydrogen-bond donors (Lipinski definition) is 1. The van der Waals surface area contributed by atoms with Gasteiger partial charge in [0, 0.05) is 13.1 Å². The van der Waals surface area contributed by atoms with Gasteiger partial charge in [-0.25, -0.2) is 0 Å². The van der Waals surface area contributed by atoms with Gasteiger partial charge in [0.2, 0.25) is 0 Å². The first-order valence-corrected chi connectivity index (χ1v) is 5.24. The van der Waals surface area contributed by atoms with Crippen molar-refractivity contribution in [1.29, 1.82) is 0 Å². The normalized spacial score (nSPS) is 22.8. The van der Waals surface area contributed by atoms with Gasteiger partial charge in [-0.1, -0.05) is 19.1 Å². The molecule has 76 valence electrons. The zero-order valence-corrected chi connectivity index (χ0v) is 8.61. The van der Waals surface area contributed by atoms with Crippen LogP contribution in [0.4, 0.5) is 0 Å². The van der Waals surface area contributed by atoms with Crippen molar-refractivity contribution in [3.63, 3.8) is 0 Å². The number of likely N-dealkylation sites (tertiary alicyclic amines) is 1. The molecule has 1 fully saturated rings. The van der Waals surface area contributed by atoms with Gasteiger partial charge in [-0.3, -0.25) is 4.90 Å². The third-order valence-electron chi connectivity index (χ3n) is 2.82. The summed E-state index contributed by atoms with van der Waals surface area (Å²) in [6, 6.07) is 7.55. The van der Waals surface area contributed by atoms with E-state index in [1.54, 1.807) is 6.07 Å². The Kier molecular flexibility index (Phi) is 2.73. The minimum Gasteiger partial charge on any atom is -0.508 e. The monoisotopic (exact) mass is 191 g/mol. The van der Waals surface area contributed by atoms with Gasteiger partial charge in [-0.15, -0.1) is 0 Å². The summed E-state index contributed by atoms with van der Waals surface area (Å²) in [6.07, 6.45) is 1.30. The molecule has 14 heavy (non-hydrogen) atoms. The average molecular weight is 191 g/mol. The van der Waals surface area contributed by atoms with Crippen molar-refractivity contribution in [2.75, 3.05) is 13.1 Å². The predicted molar refractivity (Wildman–Crippen MR) is 57.2 cm³/mol. The Bertz CT molecular complexity index is 311. The van der Waals surface area contributed by atoms with Gasteiger partial charge < -0.3 is 5.11 Å². The first kappa shape index (κ1) is 9.53. The molecular weight excluding hydrogens is 174 g/mol. The van der Waals surface area contributed by atoms with Gasteiger partial charge in [-0.05, 0) is 36.6 Å². The lowest BCUT2D eigenvalue weighted by atomic mass is 10.2. The van der Waals surface area contributed by atoms with Crippen LogP contribution in [-0.2, 0) is 6.54 Å². The molecule has 1 aliphatic heterocycles. The minimum atomic E-state index is 0.370. The van der Waals surface area contributed by atoms with Gasteiger partial charge in [0.05, 0.1) is 0 Å². The van der Waals surface area contributed by atoms with Gasteiger partial charge in [-0.2, -0.15) is 0 Å². The molecule has 0 unspecified atom stereocenters. The zero-order valence-electron chi connectivity index (χ0n) is 8.61. The van der Waals surface area contributed by atoms with Crippen LogP contribution in [0.15, 0.2) is 24.3 Å². The molecule has 2 rings (SSSR count). The van der Waals surface area contributed by atoms with Crippen LogP contribution in [-0.4, -0.2) is 23.1 Å². The maximum atomic E-state index is 9.32. The fourth-order valence-corrected chi connectivity index (χ4v) is 2.08. The highest BCUT2D eigenvalue weighted by Crippen LogP contribution is 2.19. The molecule has 1 aromatic carbocycles. The fourth-order valence-electron chi connectivity index (χ4n) is 2.08. The molecule has 1 heterocycles. The van der Waals surface area contributed by atoms with Crippen molar-refractivity contribution in [3.8, 4) is 5.75 Å². The fraction of sp³-hybridized carbons (Fsp3) is 0.500. The summed E-state index contributed by atoms with van der Waals surface area (Å²) in [6.45, 7) is 5.65. The van der Waals surface area contributed by atoms with Gasteiger partial charge in [0.25, 0.3) is 0 Å². The Labute approximate surface area is 85.2 Å². The maximum absolute atomic E-state index is 9.32. The molecule has 0 aliphatic carbocycles. The predicted octanol–water partition coefficient (Wildman–Crippen LogP) is 2.23. The molecule has 2 nitrogen and oxygen atoms in total. The third kappa shape index (κ3) is 2.26. The average Bonchev–Trinajstić information content (AvgIpc) is 2.51. The second kappa shape index (κ2) is 4.01. The highest BCUT2D eigenvalue weighted by Gasteiger charge is 2.18. The second-order valence-electron chi connectivity index (χ2n) is 4.30. The third-order valence-corrected chi connectivity index (χ3v) is 2.82. The number of hydrogen-bond acceptors (Lipinski definition) is 2. The van der Waals surface area contributed by atoms with Crippen LogP contribution < -0.4 is 0 Å². The molecule has 0 bridgehead atoms. The van der Waals surface area contributed by atoms with E-state index >= 15 is 0 Å². The highest BCUT2D eigenvalue weighted by atomic mass is 16.3. The highest BCUT2D eigenvalue weighted by molar-refractivity contribution is 5.27. The van der Waals surface area contributed by atoms with E-state index in [0.29, 0.717) is 5.75 Å². The summed E-state index contributed by atoms with van der Waals surface area (Å²) >= 11 is 0. The lowest BCUT2D eigenvalue weighted by molar-refractivity contribution is 0.320. The summed E-state index contributed by atoms with van der Waals surface area (Å²) in [7, 11) is 0. The zero-order chi connectivity index (χ0) is 9.97. The van der Waals surface area contributed by atoms with Gasteiger partial charge in [0.15, 0.2) is 0 Å². The number of nitrogens with zero attached hydrogens (tertiary/aromatic N) is 1. The number of phenolic OH excluding ortho intramolecular Hbond substituents is 1. The minimum absolute atomic E-state index is 0.370. The Balaban J connectivity index is 1.97. The first-order chi connectivity index (χ1) is 6.74. The van der Waals surface area contributed by atoms with Gasteiger partial charge in [0.1, 0.15) is 5.75 Å². The van der Waals surface area contributed by atoms with Crippen LogP contribution in [0.25, 0.3) is 0 Å². The molecule has 1 aliphatic rings. The van der Waals surface area contributed by atoms with E-state index in [4.69, 9.17) is 0 Å². The SMILES string of the molecule is C[C@H]1CCN(Cc2cccc(O)c2)C1. The van der Waals surface area contributed by atoms with E-state index in [1.165, 1.54) is 25.1 Å². The Morgan fingerprint density at radius 3 is 3.00 bits per heavy atom. The van der Waals surface area contributed by atoms with E-state index in [0.717, 1.165) is 12.5 Å². The molecular formula is C12H17NO. The van der Waals surface area contributed by atoms with Crippen molar-refractivity contribution in [2.45, 2.75) is 19.9 Å². The standard InChI is InChI=1S/C12H17NO/c1-10-5-6-13(8-10)9-11-3-2-4-12(14)7-11/h2-4,7,10,14H,5-6,8-9H2,1H3/t10-/m0/s1. The molecule has 0 saturated carbocycles. The summed E-state index contributed by atoms with van der Waals surface area (Å²) < 4.78 is 0. The summed E-state index contributed by atoms with van der Waals surface area (Å²) in [4.78, 5) is 2.44. The number of benzene rings is 1. The number of rotatable bonds is 2. The van der Waals surface area contributed by atoms with Crippen molar-refractivity contribution >= 4 is 0 Å². The lowest BCUT2D eigenvalue weighted by Gasteiger charge is -2.15. The summed E-state index contributed by atoms with van der Waals surface area (Å²) in [5, 5.41) is 9.32. The number of phenols is 1. The molecule has 0 radical (unpaired) electrons. The van der Waals surface area contributed by atoms with Crippen LogP contribution in [0, 0.1) is 5.92 Å². The van der Waals surface area contributed by atoms with Gasteiger partial charge >= 0.3 is 0 Å². The maximum Gasteiger partial charge on any atom is 0.115 e. The van der Waals surface area contributed by atoms with E-state index in [-0.39, 0.29) is 0 Å². The summed E-state index contributed by atoms with van der Waals surface area (Å²) in [5.74, 6) is 1.20. The molecule has 0 spiro atoms. The van der Waals surface area contributed by atoms with E-state index in [2.05, 4.69) is 17.9 Å². The Morgan fingerprint density at radius 1 is 1.50 bits per heavy atom. The molecule has 1 N–H and O–H groups in total. The Hall–Kier alpha value is -1.02. The lowest BCUT2D eigenvalue weighted by Crippen LogP contribution is -2.19. The molecule has 1 atom stereocenters. The van der Waals surface area contributed by atoms with E-state index in [9.17, 15) is 5.11 Å². The largest absolute Gasteiger partial charge is 0.508 e. The first-order valence-electron chi connectivity index (χ1n) is 5.24. The van der Waals surface area contributed by atoms with Crippen molar-refractivity contribution < 1.29 is 5.11 Å². The molecule has 0 amide bonds.